The second kappa shape index (κ2) is 6.60. The first-order chi connectivity index (χ1) is 7.68. The van der Waals surface area contributed by atoms with Crippen molar-refractivity contribution in [1.82, 2.24) is 14.9 Å². The minimum atomic E-state index is -0.450. The van der Waals surface area contributed by atoms with Crippen LogP contribution in [0.25, 0.3) is 0 Å². The van der Waals surface area contributed by atoms with Gasteiger partial charge >= 0.3 is 0 Å². The van der Waals surface area contributed by atoms with Gasteiger partial charge < -0.3 is 15.6 Å². The Balaban J connectivity index is 2.02. The highest BCUT2D eigenvalue weighted by atomic mass is 16.2. The molecule has 0 radical (unpaired) electrons. The van der Waals surface area contributed by atoms with Gasteiger partial charge in [0.2, 0.25) is 11.8 Å². The first-order valence-electron chi connectivity index (χ1n) is 5.19. The van der Waals surface area contributed by atoms with Crippen LogP contribution >= 0.6 is 0 Å². The molecular formula is C10H16N4O2. The minimum Gasteiger partial charge on any atom is -0.370 e. The number of carbonyl (C=O) groups is 2. The number of primary amides is 1. The average Bonchev–Trinajstić information content (AvgIpc) is 2.74. The van der Waals surface area contributed by atoms with Crippen LogP contribution in [0.5, 0.6) is 0 Å². The van der Waals surface area contributed by atoms with Crippen molar-refractivity contribution in [2.45, 2.75) is 25.8 Å². The predicted octanol–water partition coefficient (Wildman–Crippen LogP) is -0.345. The second-order valence-electron chi connectivity index (χ2n) is 3.47. The molecule has 1 heterocycles. The van der Waals surface area contributed by atoms with Crippen LogP contribution in [0.15, 0.2) is 18.7 Å². The Morgan fingerprint density at radius 3 is 2.81 bits per heavy atom. The molecule has 16 heavy (non-hydrogen) atoms. The molecule has 0 fully saturated rings. The molecule has 2 amide bonds. The topological polar surface area (TPSA) is 90.0 Å². The fourth-order valence-corrected chi connectivity index (χ4v) is 1.23. The number of nitrogens with zero attached hydrogens (tertiary/aromatic N) is 2. The summed E-state index contributed by atoms with van der Waals surface area (Å²) in [4.78, 5) is 25.5. The van der Waals surface area contributed by atoms with Gasteiger partial charge in [0.05, 0.1) is 6.33 Å². The highest BCUT2D eigenvalue weighted by Crippen LogP contribution is 1.91. The summed E-state index contributed by atoms with van der Waals surface area (Å²) in [6.45, 7) is 1.41. The second-order valence-corrected chi connectivity index (χ2v) is 3.47. The van der Waals surface area contributed by atoms with E-state index in [0.717, 1.165) is 13.0 Å². The Morgan fingerprint density at radius 2 is 2.19 bits per heavy atom. The molecule has 3 N–H and O–H groups in total. The minimum absolute atomic E-state index is 0.105. The maximum Gasteiger partial charge on any atom is 0.220 e. The van der Waals surface area contributed by atoms with Gasteiger partial charge in [-0.15, -0.1) is 0 Å². The summed E-state index contributed by atoms with van der Waals surface area (Å²) < 4.78 is 1.94. The molecule has 6 nitrogen and oxygen atoms in total. The van der Waals surface area contributed by atoms with Crippen LogP contribution in [0.1, 0.15) is 19.3 Å². The van der Waals surface area contributed by atoms with E-state index < -0.39 is 5.91 Å². The molecule has 1 aromatic rings. The highest BCUT2D eigenvalue weighted by molar-refractivity contribution is 5.82. The zero-order valence-corrected chi connectivity index (χ0v) is 9.06. The summed E-state index contributed by atoms with van der Waals surface area (Å²) in [6.07, 6.45) is 6.42. The number of aromatic nitrogens is 2. The van der Waals surface area contributed by atoms with E-state index in [1.807, 2.05) is 10.8 Å². The molecule has 0 aromatic carbocycles. The third-order valence-corrected chi connectivity index (χ3v) is 2.07. The summed E-state index contributed by atoms with van der Waals surface area (Å²) in [6, 6.07) is 0. The Labute approximate surface area is 93.8 Å². The van der Waals surface area contributed by atoms with Crippen LogP contribution in [0.3, 0.4) is 0 Å². The van der Waals surface area contributed by atoms with Crippen LogP contribution in [-0.4, -0.2) is 27.9 Å². The molecular weight excluding hydrogens is 208 g/mol. The maximum atomic E-state index is 11.2. The molecule has 0 saturated carbocycles. The Morgan fingerprint density at radius 1 is 1.38 bits per heavy atom. The predicted molar refractivity (Wildman–Crippen MR) is 58.3 cm³/mol. The van der Waals surface area contributed by atoms with Gasteiger partial charge in [-0.05, 0) is 6.42 Å². The molecule has 1 aromatic heterocycles. The lowest BCUT2D eigenvalue weighted by molar-refractivity contribution is -0.125. The lowest BCUT2D eigenvalue weighted by Crippen LogP contribution is -2.26. The molecule has 1 rings (SSSR count). The van der Waals surface area contributed by atoms with E-state index in [2.05, 4.69) is 10.3 Å². The van der Waals surface area contributed by atoms with Gasteiger partial charge in [-0.3, -0.25) is 9.59 Å². The van der Waals surface area contributed by atoms with Crippen molar-refractivity contribution in [3.8, 4) is 0 Å². The van der Waals surface area contributed by atoms with Crippen molar-refractivity contribution in [3.63, 3.8) is 0 Å². The standard InChI is InChI=1S/C10H16N4O2/c11-9(15)2-3-10(16)13-4-1-6-14-7-5-12-8-14/h5,7-8H,1-4,6H2,(H2,11,15)(H,13,16). The number of nitrogens with two attached hydrogens (primary N) is 1. The number of nitrogens with one attached hydrogen (secondary N) is 1. The normalized spacial score (nSPS) is 10.0. The molecule has 0 unspecified atom stereocenters. The number of carbonyl (C=O) groups excluding carboxylic acids is 2. The maximum absolute atomic E-state index is 11.2. The fraction of sp³-hybridized carbons (Fsp3) is 0.500. The van der Waals surface area contributed by atoms with Crippen LogP contribution in [0.4, 0.5) is 0 Å². The summed E-state index contributed by atoms with van der Waals surface area (Å²) >= 11 is 0. The molecule has 0 aliphatic carbocycles. The first kappa shape index (κ1) is 12.2. The molecule has 0 atom stereocenters. The van der Waals surface area contributed by atoms with Gasteiger partial charge in [0.1, 0.15) is 0 Å². The monoisotopic (exact) mass is 224 g/mol. The molecule has 0 bridgehead atoms. The lowest BCUT2D eigenvalue weighted by atomic mass is 10.3. The lowest BCUT2D eigenvalue weighted by Gasteiger charge is -2.04. The SMILES string of the molecule is NC(=O)CCC(=O)NCCCn1ccnc1. The molecule has 0 aliphatic heterocycles. The van der Waals surface area contributed by atoms with Gasteiger partial charge in [-0.25, -0.2) is 4.98 Å². The van der Waals surface area contributed by atoms with Crippen molar-refractivity contribution < 1.29 is 9.59 Å². The Bertz CT molecular complexity index is 335. The smallest absolute Gasteiger partial charge is 0.220 e. The quantitative estimate of drug-likeness (QED) is 0.620. The summed E-state index contributed by atoms with van der Waals surface area (Å²) in [5.41, 5.74) is 4.93. The largest absolute Gasteiger partial charge is 0.370 e. The van der Waals surface area contributed by atoms with E-state index in [1.54, 1.807) is 12.5 Å². The molecule has 0 spiro atoms. The summed E-state index contributed by atoms with van der Waals surface area (Å²) in [5, 5.41) is 2.72. The number of aryl methyl sites for hydroxylation is 1. The number of amides is 2. The first-order valence-corrected chi connectivity index (χ1v) is 5.19. The van der Waals surface area contributed by atoms with E-state index in [4.69, 9.17) is 5.73 Å². The molecule has 6 heteroatoms. The van der Waals surface area contributed by atoms with E-state index in [0.29, 0.717) is 6.54 Å². The number of imidazole rings is 1. The van der Waals surface area contributed by atoms with Gasteiger partial charge in [-0.2, -0.15) is 0 Å². The van der Waals surface area contributed by atoms with Gasteiger partial charge in [0.25, 0.3) is 0 Å². The van der Waals surface area contributed by atoms with Gasteiger partial charge in [0.15, 0.2) is 0 Å². The average molecular weight is 224 g/mol. The van der Waals surface area contributed by atoms with Gasteiger partial charge in [-0.1, -0.05) is 0 Å². The number of hydrogen-bond donors (Lipinski definition) is 2. The number of hydrogen-bond acceptors (Lipinski definition) is 3. The highest BCUT2D eigenvalue weighted by Gasteiger charge is 2.02. The van der Waals surface area contributed by atoms with Crippen LogP contribution in [0, 0.1) is 0 Å². The third-order valence-electron chi connectivity index (χ3n) is 2.07. The van der Waals surface area contributed by atoms with E-state index in [9.17, 15) is 9.59 Å². The Hall–Kier alpha value is -1.85. The number of rotatable bonds is 7. The Kier molecular flexibility index (Phi) is 5.04. The summed E-state index contributed by atoms with van der Waals surface area (Å²) in [7, 11) is 0. The van der Waals surface area contributed by atoms with Crippen molar-refractivity contribution >= 4 is 11.8 Å². The molecule has 88 valence electrons. The summed E-state index contributed by atoms with van der Waals surface area (Å²) in [5.74, 6) is -0.585. The molecule has 0 saturated heterocycles. The van der Waals surface area contributed by atoms with Crippen molar-refractivity contribution in [1.29, 1.82) is 0 Å². The van der Waals surface area contributed by atoms with Crippen molar-refractivity contribution in [3.05, 3.63) is 18.7 Å². The van der Waals surface area contributed by atoms with Gasteiger partial charge in [0, 0.05) is 38.3 Å². The zero-order valence-electron chi connectivity index (χ0n) is 9.06. The van der Waals surface area contributed by atoms with Crippen LogP contribution in [0.2, 0.25) is 0 Å². The fourth-order valence-electron chi connectivity index (χ4n) is 1.23. The molecule has 0 aliphatic rings. The van der Waals surface area contributed by atoms with Crippen LogP contribution < -0.4 is 11.1 Å². The van der Waals surface area contributed by atoms with Crippen molar-refractivity contribution in [2.75, 3.05) is 6.54 Å². The zero-order chi connectivity index (χ0) is 11.8. The van der Waals surface area contributed by atoms with E-state index >= 15 is 0 Å². The third kappa shape index (κ3) is 5.14. The van der Waals surface area contributed by atoms with E-state index in [1.165, 1.54) is 0 Å². The van der Waals surface area contributed by atoms with Crippen molar-refractivity contribution in [2.24, 2.45) is 5.73 Å². The van der Waals surface area contributed by atoms with Crippen LogP contribution in [-0.2, 0) is 16.1 Å². The van der Waals surface area contributed by atoms with E-state index in [-0.39, 0.29) is 18.7 Å².